The summed E-state index contributed by atoms with van der Waals surface area (Å²) in [4.78, 5) is 17.1. The predicted molar refractivity (Wildman–Crippen MR) is 63.9 cm³/mol. The van der Waals surface area contributed by atoms with Crippen molar-refractivity contribution in [2.45, 2.75) is 25.6 Å². The average Bonchev–Trinajstić information content (AvgIpc) is 2.20. The van der Waals surface area contributed by atoms with Crippen molar-refractivity contribution < 1.29 is 22.8 Å². The van der Waals surface area contributed by atoms with E-state index in [2.05, 4.69) is 0 Å². The molecule has 0 aromatic carbocycles. The molecule has 0 spiro atoms. The van der Waals surface area contributed by atoms with Crippen LogP contribution in [0.1, 0.15) is 20.8 Å². The van der Waals surface area contributed by atoms with Crippen molar-refractivity contribution in [1.29, 1.82) is 0 Å². The number of rotatable bonds is 3. The van der Waals surface area contributed by atoms with Gasteiger partial charge < -0.3 is 0 Å². The zero-order valence-corrected chi connectivity index (χ0v) is 11.2. The van der Waals surface area contributed by atoms with Gasteiger partial charge in [0.1, 0.15) is 5.92 Å². The van der Waals surface area contributed by atoms with Crippen LogP contribution in [0.2, 0.25) is 0 Å². The Morgan fingerprint density at radius 3 is 2.11 bits per heavy atom. The average molecular weight is 292 g/mol. The van der Waals surface area contributed by atoms with Gasteiger partial charge in [-0.2, -0.15) is 8.42 Å². The monoisotopic (exact) mass is 292 g/mol. The quantitative estimate of drug-likeness (QED) is 0.464. The summed E-state index contributed by atoms with van der Waals surface area (Å²) in [6.45, 7) is 3.71. The summed E-state index contributed by atoms with van der Waals surface area (Å²) in [5.41, 5.74) is -0.368. The molecule has 19 heavy (non-hydrogen) atoms. The third-order valence-corrected chi connectivity index (χ3v) is 4.77. The summed E-state index contributed by atoms with van der Waals surface area (Å²) >= 11 is 0. The predicted octanol–water partition coefficient (Wildman–Crippen LogP) is 0.994. The summed E-state index contributed by atoms with van der Waals surface area (Å²) in [6.07, 6.45) is 0.745. The first-order valence-corrected chi connectivity index (χ1v) is 6.57. The zero-order chi connectivity index (χ0) is 15.2. The fourth-order valence-electron chi connectivity index (χ4n) is 2.16. The Balaban J connectivity index is 3.76. The molecule has 0 aromatic heterocycles. The molecule has 1 rings (SSSR count). The minimum atomic E-state index is -5.17. The van der Waals surface area contributed by atoms with Crippen LogP contribution in [0, 0.1) is 26.1 Å². The van der Waals surface area contributed by atoms with Crippen LogP contribution >= 0.6 is 0 Å². The summed E-state index contributed by atoms with van der Waals surface area (Å²) in [6, 6.07) is 0. The number of allylic oxidation sites excluding steroid dienone is 2. The molecule has 0 aromatic rings. The van der Waals surface area contributed by atoms with E-state index in [0.717, 1.165) is 13.0 Å². The molecule has 1 aliphatic carbocycles. The summed E-state index contributed by atoms with van der Waals surface area (Å²) in [5.74, 6) is -1.61. The number of nitro groups is 2. The molecule has 9 nitrogen and oxygen atoms in total. The Hall–Kier alpha value is -1.81. The van der Waals surface area contributed by atoms with Crippen molar-refractivity contribution in [3.63, 3.8) is 0 Å². The topological polar surface area (TPSA) is 141 Å². The molecule has 0 saturated heterocycles. The maximum atomic E-state index is 11.4. The smallest absolute Gasteiger partial charge is 0.280 e. The molecule has 2 unspecified atom stereocenters. The van der Waals surface area contributed by atoms with Gasteiger partial charge in [0.05, 0.1) is 9.85 Å². The minimum Gasteiger partial charge on any atom is -0.280 e. The van der Waals surface area contributed by atoms with Gasteiger partial charge in [0.2, 0.25) is 0 Å². The molecule has 106 valence electrons. The number of hydrogen-bond acceptors (Lipinski definition) is 6. The van der Waals surface area contributed by atoms with E-state index in [1.165, 1.54) is 13.8 Å². The van der Waals surface area contributed by atoms with Crippen LogP contribution in [0.3, 0.4) is 0 Å². The second-order valence-electron chi connectivity index (χ2n) is 4.30. The van der Waals surface area contributed by atoms with Gasteiger partial charge in [-0.3, -0.25) is 24.8 Å². The number of hydrogen-bond donors (Lipinski definition) is 1. The molecule has 0 radical (unpaired) electrons. The third kappa shape index (κ3) is 2.02. The van der Waals surface area contributed by atoms with Crippen molar-refractivity contribution >= 4 is 10.1 Å². The Kier molecular flexibility index (Phi) is 3.52. The van der Waals surface area contributed by atoms with Gasteiger partial charge in [-0.25, -0.2) is 0 Å². The molecule has 10 heteroatoms. The molecular formula is C9H12N2O7S. The molecular weight excluding hydrogens is 280 g/mol. The highest BCUT2D eigenvalue weighted by Crippen LogP contribution is 2.41. The van der Waals surface area contributed by atoms with E-state index in [4.69, 9.17) is 0 Å². The first-order chi connectivity index (χ1) is 8.46. The lowest BCUT2D eigenvalue weighted by molar-refractivity contribution is -0.546. The van der Waals surface area contributed by atoms with Crippen molar-refractivity contribution in [1.82, 2.24) is 0 Å². The van der Waals surface area contributed by atoms with Gasteiger partial charge >= 0.3 is 15.0 Å². The van der Waals surface area contributed by atoms with Gasteiger partial charge in [-0.15, -0.1) is 0 Å². The molecule has 0 saturated carbocycles. The maximum absolute atomic E-state index is 11.4. The van der Waals surface area contributed by atoms with Crippen molar-refractivity contribution in [3.05, 3.63) is 43.1 Å². The van der Waals surface area contributed by atoms with E-state index >= 15 is 0 Å². The largest absolute Gasteiger partial charge is 0.374 e. The first-order valence-electron chi connectivity index (χ1n) is 5.13. The van der Waals surface area contributed by atoms with Gasteiger partial charge in [-0.1, -0.05) is 0 Å². The lowest BCUT2D eigenvalue weighted by Crippen LogP contribution is -2.52. The highest BCUT2D eigenvalue weighted by atomic mass is 32.2. The van der Waals surface area contributed by atoms with Crippen molar-refractivity contribution in [3.8, 4) is 0 Å². The Morgan fingerprint density at radius 1 is 1.32 bits per heavy atom. The Labute approximate surface area is 108 Å². The summed E-state index contributed by atoms with van der Waals surface area (Å²) in [5, 5.41) is 22.1. The lowest BCUT2D eigenvalue weighted by Gasteiger charge is -2.28. The second kappa shape index (κ2) is 4.38. The minimum absolute atomic E-state index is 0.0686. The molecule has 0 aliphatic heterocycles. The molecule has 0 heterocycles. The molecule has 0 fully saturated rings. The van der Waals surface area contributed by atoms with Crippen LogP contribution in [0.5, 0.6) is 0 Å². The van der Waals surface area contributed by atoms with E-state index < -0.39 is 36.5 Å². The molecule has 1 aliphatic rings. The normalized spacial score (nSPS) is 28.0. The van der Waals surface area contributed by atoms with Crippen LogP contribution in [-0.4, -0.2) is 27.7 Å². The van der Waals surface area contributed by atoms with Crippen LogP contribution in [0.25, 0.3) is 0 Å². The van der Waals surface area contributed by atoms with Crippen molar-refractivity contribution in [2.24, 2.45) is 5.92 Å². The van der Waals surface area contributed by atoms with E-state index in [1.54, 1.807) is 0 Å². The SMILES string of the molecule is CC1=CC([N+](=O)[O-])(S(=O)(=O)O)C(C)C([N+](=O)[O-])=C1C. The van der Waals surface area contributed by atoms with Gasteiger partial charge in [-0.05, 0) is 26.3 Å². The molecule has 0 amide bonds. The van der Waals surface area contributed by atoms with E-state index in [9.17, 15) is 33.2 Å². The Morgan fingerprint density at radius 2 is 1.79 bits per heavy atom. The fraction of sp³-hybridized carbons (Fsp3) is 0.556. The van der Waals surface area contributed by atoms with Crippen LogP contribution in [0.15, 0.2) is 22.9 Å². The first kappa shape index (κ1) is 15.2. The van der Waals surface area contributed by atoms with E-state index in [0.29, 0.717) is 0 Å². The zero-order valence-electron chi connectivity index (χ0n) is 10.4. The van der Waals surface area contributed by atoms with Crippen LogP contribution < -0.4 is 0 Å². The summed E-state index contributed by atoms with van der Waals surface area (Å²) in [7, 11) is -5.17. The fourth-order valence-corrected chi connectivity index (χ4v) is 3.24. The lowest BCUT2D eigenvalue weighted by atomic mass is 9.85. The maximum Gasteiger partial charge on any atom is 0.374 e. The van der Waals surface area contributed by atoms with Crippen LogP contribution in [0.4, 0.5) is 0 Å². The molecule has 2 atom stereocenters. The van der Waals surface area contributed by atoms with E-state index in [1.807, 2.05) is 0 Å². The van der Waals surface area contributed by atoms with Gasteiger partial charge in [0.25, 0.3) is 5.70 Å². The molecule has 1 N–H and O–H groups in total. The standard InChI is InChI=1S/C9H12N2O7S/c1-5-4-9(11(14)15,19(16,17)18)7(3)8(6(5)2)10(12)13/h4,7H,1-3H3,(H,16,17,18). The van der Waals surface area contributed by atoms with Crippen molar-refractivity contribution in [2.75, 3.05) is 0 Å². The van der Waals surface area contributed by atoms with Crippen LogP contribution in [-0.2, 0) is 10.1 Å². The number of nitrogens with zero attached hydrogens (tertiary/aromatic N) is 2. The molecule has 0 bridgehead atoms. The van der Waals surface area contributed by atoms with Gasteiger partial charge in [0.15, 0.2) is 0 Å². The van der Waals surface area contributed by atoms with E-state index in [-0.39, 0.29) is 11.1 Å². The highest BCUT2D eigenvalue weighted by molar-refractivity contribution is 7.87. The third-order valence-electron chi connectivity index (χ3n) is 3.32. The summed E-state index contributed by atoms with van der Waals surface area (Å²) < 4.78 is 32.0. The van der Waals surface area contributed by atoms with Gasteiger partial charge in [0, 0.05) is 11.6 Å². The Bertz CT molecular complexity index is 618. The highest BCUT2D eigenvalue weighted by Gasteiger charge is 2.64. The second-order valence-corrected chi connectivity index (χ2v) is 5.90.